The van der Waals surface area contributed by atoms with Crippen molar-refractivity contribution in [3.8, 4) is 10.6 Å². The predicted molar refractivity (Wildman–Crippen MR) is 116 cm³/mol. The molecule has 1 aliphatic heterocycles. The fourth-order valence-corrected chi connectivity index (χ4v) is 4.04. The second-order valence-corrected chi connectivity index (χ2v) is 7.72. The number of aromatic nitrogens is 1. The molecule has 9 heteroatoms. The molecule has 0 radical (unpaired) electrons. The molecule has 2 unspecified atom stereocenters. The van der Waals surface area contributed by atoms with E-state index in [2.05, 4.69) is 32.3 Å². The summed E-state index contributed by atoms with van der Waals surface area (Å²) in [7, 11) is 1.58. The van der Waals surface area contributed by atoms with Gasteiger partial charge in [-0.25, -0.2) is 4.98 Å². The maximum atomic E-state index is 12.5. The number of benzene rings is 1. The lowest BCUT2D eigenvalue weighted by atomic mass is 10.1. The minimum Gasteiger partial charge on any atom is -0.389 e. The molecule has 2 aromatic rings. The van der Waals surface area contributed by atoms with Crippen LogP contribution in [0.4, 0.5) is 10.7 Å². The van der Waals surface area contributed by atoms with Crippen LogP contribution in [0.1, 0.15) is 16.9 Å². The van der Waals surface area contributed by atoms with Crippen LogP contribution < -0.4 is 21.7 Å². The van der Waals surface area contributed by atoms with E-state index in [4.69, 9.17) is 16.9 Å². The Hall–Kier alpha value is -2.78. The zero-order chi connectivity index (χ0) is 20.1. The summed E-state index contributed by atoms with van der Waals surface area (Å²) in [6.07, 6.45) is 3.68. The summed E-state index contributed by atoms with van der Waals surface area (Å²) in [6, 6.07) is 7.51. The van der Waals surface area contributed by atoms with E-state index in [1.165, 1.54) is 17.6 Å². The first-order chi connectivity index (χ1) is 13.5. The second kappa shape index (κ2) is 8.94. The van der Waals surface area contributed by atoms with Crippen LogP contribution in [-0.4, -0.2) is 56.0 Å². The first kappa shape index (κ1) is 20.0. The molecule has 1 aromatic heterocycles. The Balaban J connectivity index is 1.80. The summed E-state index contributed by atoms with van der Waals surface area (Å²) < 4.78 is 0. The molecule has 6 N–H and O–H groups in total. The zero-order valence-electron chi connectivity index (χ0n) is 15.8. The average molecular weight is 400 g/mol. The number of nitrogens with one attached hydrogen (secondary N) is 2. The quantitative estimate of drug-likeness (QED) is 0.525. The number of nitrogen functional groups attached to an aromatic ring is 1. The number of carbonyl (C=O) groups is 1. The molecule has 2 atom stereocenters. The molecule has 0 bridgehead atoms. The Morgan fingerprint density at radius 1 is 1.57 bits per heavy atom. The Labute approximate surface area is 168 Å². The van der Waals surface area contributed by atoms with E-state index >= 15 is 0 Å². The standard InChI is InChI=1S/C19H25N7OS/c1-23-10-14(9-21)24-18(27)16-17(22)28-19(25-16)13-3-2-4-15(7-13)26-6-5-12(8-20)11-26/h2-4,7,9-10,12,14,21H,5-6,8,11,20,22H2,1H3,(H,24,27). The van der Waals surface area contributed by atoms with Crippen molar-refractivity contribution >= 4 is 40.4 Å². The van der Waals surface area contributed by atoms with E-state index in [1.807, 2.05) is 12.1 Å². The van der Waals surface area contributed by atoms with E-state index in [0.717, 1.165) is 37.0 Å². The third-order valence-corrected chi connectivity index (χ3v) is 5.67. The summed E-state index contributed by atoms with van der Waals surface area (Å²) >= 11 is 1.28. The molecular weight excluding hydrogens is 374 g/mol. The van der Waals surface area contributed by atoms with Crippen LogP contribution in [0.5, 0.6) is 0 Å². The molecular formula is C19H25N7OS. The molecule has 2 heterocycles. The van der Waals surface area contributed by atoms with Gasteiger partial charge in [0.15, 0.2) is 5.69 Å². The van der Waals surface area contributed by atoms with Gasteiger partial charge in [0.25, 0.3) is 5.91 Å². The largest absolute Gasteiger partial charge is 0.389 e. The van der Waals surface area contributed by atoms with Crippen LogP contribution in [0, 0.1) is 11.3 Å². The van der Waals surface area contributed by atoms with Crippen molar-refractivity contribution in [2.45, 2.75) is 12.5 Å². The van der Waals surface area contributed by atoms with Gasteiger partial charge in [-0.1, -0.05) is 23.5 Å². The number of aliphatic imine (C=N–C) groups is 1. The molecule has 3 rings (SSSR count). The Kier molecular flexibility index (Phi) is 6.37. The lowest BCUT2D eigenvalue weighted by Gasteiger charge is -2.19. The Bertz CT molecular complexity index is 879. The van der Waals surface area contributed by atoms with Crippen LogP contribution in [0.2, 0.25) is 0 Å². The molecule has 0 aliphatic carbocycles. The molecule has 0 spiro atoms. The molecule has 1 aromatic carbocycles. The van der Waals surface area contributed by atoms with Crippen molar-refractivity contribution < 1.29 is 4.79 Å². The minimum absolute atomic E-state index is 0.172. The van der Waals surface area contributed by atoms with Crippen LogP contribution in [0.25, 0.3) is 10.6 Å². The third kappa shape index (κ3) is 4.37. The van der Waals surface area contributed by atoms with Gasteiger partial charge in [-0.3, -0.25) is 9.79 Å². The average Bonchev–Trinajstić information content (AvgIpc) is 3.34. The zero-order valence-corrected chi connectivity index (χ0v) is 16.6. The number of nitrogens with two attached hydrogens (primary N) is 2. The molecule has 1 saturated heterocycles. The maximum Gasteiger partial charge on any atom is 0.273 e. The van der Waals surface area contributed by atoms with Crippen LogP contribution in [-0.2, 0) is 0 Å². The number of thiazole rings is 1. The number of carbonyl (C=O) groups excluding carboxylic acids is 1. The number of nitrogens with zero attached hydrogens (tertiary/aromatic N) is 3. The molecule has 1 amide bonds. The summed E-state index contributed by atoms with van der Waals surface area (Å²) in [5, 5.41) is 11.1. The number of hydrogen-bond donors (Lipinski definition) is 4. The van der Waals surface area contributed by atoms with Gasteiger partial charge in [0, 0.05) is 43.8 Å². The molecule has 8 nitrogen and oxygen atoms in total. The van der Waals surface area contributed by atoms with E-state index in [-0.39, 0.29) is 5.69 Å². The lowest BCUT2D eigenvalue weighted by Crippen LogP contribution is -2.37. The number of rotatable bonds is 7. The van der Waals surface area contributed by atoms with Gasteiger partial charge in [0.2, 0.25) is 0 Å². The highest BCUT2D eigenvalue weighted by atomic mass is 32.1. The molecule has 1 aliphatic rings. The summed E-state index contributed by atoms with van der Waals surface area (Å²) in [4.78, 5) is 23.1. The fraction of sp³-hybridized carbons (Fsp3) is 0.368. The summed E-state index contributed by atoms with van der Waals surface area (Å²) in [5.41, 5.74) is 14.1. The van der Waals surface area contributed by atoms with Gasteiger partial charge in [0.05, 0.1) is 6.04 Å². The van der Waals surface area contributed by atoms with Crippen molar-refractivity contribution in [2.24, 2.45) is 16.6 Å². The van der Waals surface area contributed by atoms with Crippen molar-refractivity contribution in [1.82, 2.24) is 10.3 Å². The van der Waals surface area contributed by atoms with Crippen LogP contribution in [0.3, 0.4) is 0 Å². The highest BCUT2D eigenvalue weighted by molar-refractivity contribution is 7.19. The minimum atomic E-state index is -0.587. The van der Waals surface area contributed by atoms with Gasteiger partial charge in [-0.05, 0) is 31.0 Å². The van der Waals surface area contributed by atoms with E-state index in [9.17, 15) is 4.79 Å². The molecule has 28 heavy (non-hydrogen) atoms. The monoisotopic (exact) mass is 399 g/mol. The molecule has 148 valence electrons. The summed E-state index contributed by atoms with van der Waals surface area (Å²) in [5.74, 6) is 0.109. The number of amides is 1. The first-order valence-electron chi connectivity index (χ1n) is 9.11. The van der Waals surface area contributed by atoms with Gasteiger partial charge in [-0.2, -0.15) is 0 Å². The SMILES string of the molecule is CN=CC(C=N)NC(=O)c1nc(-c2cccc(N3CCC(CN)C3)c2)sc1N. The van der Waals surface area contributed by atoms with Gasteiger partial charge in [0.1, 0.15) is 10.0 Å². The fourth-order valence-electron chi connectivity index (χ4n) is 3.22. The lowest BCUT2D eigenvalue weighted by molar-refractivity contribution is 0.0951. The van der Waals surface area contributed by atoms with Gasteiger partial charge in [-0.15, -0.1) is 0 Å². The Morgan fingerprint density at radius 3 is 3.07 bits per heavy atom. The molecule has 1 fully saturated rings. The Morgan fingerprint density at radius 2 is 2.39 bits per heavy atom. The van der Waals surface area contributed by atoms with E-state index < -0.39 is 11.9 Å². The van der Waals surface area contributed by atoms with Crippen molar-refractivity contribution in [3.63, 3.8) is 0 Å². The van der Waals surface area contributed by atoms with Crippen molar-refractivity contribution in [3.05, 3.63) is 30.0 Å². The smallest absolute Gasteiger partial charge is 0.273 e. The number of hydrogen-bond acceptors (Lipinski definition) is 8. The normalized spacial score (nSPS) is 17.8. The highest BCUT2D eigenvalue weighted by Crippen LogP contribution is 2.33. The second-order valence-electron chi connectivity index (χ2n) is 6.69. The summed E-state index contributed by atoms with van der Waals surface area (Å²) in [6.45, 7) is 2.65. The van der Waals surface area contributed by atoms with Gasteiger partial charge >= 0.3 is 0 Å². The van der Waals surface area contributed by atoms with Crippen molar-refractivity contribution in [2.75, 3.05) is 37.3 Å². The first-order valence-corrected chi connectivity index (χ1v) is 9.92. The van der Waals surface area contributed by atoms with E-state index in [1.54, 1.807) is 7.05 Å². The number of anilines is 2. The highest BCUT2D eigenvalue weighted by Gasteiger charge is 2.23. The van der Waals surface area contributed by atoms with Gasteiger partial charge < -0.3 is 27.1 Å². The van der Waals surface area contributed by atoms with Crippen molar-refractivity contribution in [1.29, 1.82) is 5.41 Å². The van der Waals surface area contributed by atoms with Crippen LogP contribution >= 0.6 is 11.3 Å². The van der Waals surface area contributed by atoms with Crippen LogP contribution in [0.15, 0.2) is 29.3 Å². The van der Waals surface area contributed by atoms with E-state index in [0.29, 0.717) is 22.5 Å². The topological polar surface area (TPSA) is 133 Å². The molecule has 0 saturated carbocycles. The third-order valence-electron chi connectivity index (χ3n) is 4.73. The maximum absolute atomic E-state index is 12.5. The predicted octanol–water partition coefficient (Wildman–Crippen LogP) is 1.63.